The van der Waals surface area contributed by atoms with E-state index in [1.807, 2.05) is 0 Å². The molecule has 1 aromatic carbocycles. The third-order valence-electron chi connectivity index (χ3n) is 7.21. The van der Waals surface area contributed by atoms with Crippen LogP contribution in [0, 0.1) is 0 Å². The summed E-state index contributed by atoms with van der Waals surface area (Å²) in [5, 5.41) is 0. The van der Waals surface area contributed by atoms with Crippen LogP contribution in [-0.4, -0.2) is 54.0 Å². The first-order valence-corrected chi connectivity index (χ1v) is 12.1. The standard InChI is InChI=1S/C24H41N5/c25-23-20(17-27-10-4-1-5-11-27)16-21(18-28-12-6-2-7-13-28)24(26)22(23)19-29-14-8-3-9-15-29/h16H,1-15,17-19,25-26H2. The molecule has 0 atom stereocenters. The molecule has 3 fully saturated rings. The van der Waals surface area contributed by atoms with Crippen molar-refractivity contribution in [2.24, 2.45) is 0 Å². The molecule has 4 rings (SSSR count). The van der Waals surface area contributed by atoms with Crippen LogP contribution in [0.2, 0.25) is 0 Å². The van der Waals surface area contributed by atoms with Gasteiger partial charge in [0.25, 0.3) is 0 Å². The maximum absolute atomic E-state index is 6.77. The normalized spacial score (nSPS) is 22.8. The first kappa shape index (κ1) is 21.0. The Kier molecular flexibility index (Phi) is 7.33. The number of nitrogens with two attached hydrogens (primary N) is 2. The van der Waals surface area contributed by atoms with Crippen molar-refractivity contribution in [3.05, 3.63) is 22.8 Å². The van der Waals surface area contributed by atoms with E-state index in [0.717, 1.165) is 31.0 Å². The van der Waals surface area contributed by atoms with Crippen molar-refractivity contribution in [1.82, 2.24) is 14.7 Å². The largest absolute Gasteiger partial charge is 0.398 e. The van der Waals surface area contributed by atoms with Gasteiger partial charge in [-0.15, -0.1) is 0 Å². The van der Waals surface area contributed by atoms with Crippen LogP contribution in [0.25, 0.3) is 0 Å². The fraction of sp³-hybridized carbons (Fsp3) is 0.750. The van der Waals surface area contributed by atoms with Gasteiger partial charge in [0.2, 0.25) is 0 Å². The number of rotatable bonds is 6. The van der Waals surface area contributed by atoms with E-state index in [2.05, 4.69) is 20.8 Å². The Bertz CT molecular complexity index is 611. The van der Waals surface area contributed by atoms with E-state index in [4.69, 9.17) is 11.5 Å². The van der Waals surface area contributed by atoms with Gasteiger partial charge in [0, 0.05) is 36.6 Å². The lowest BCUT2D eigenvalue weighted by molar-refractivity contribution is 0.215. The molecule has 3 aliphatic heterocycles. The van der Waals surface area contributed by atoms with Gasteiger partial charge in [0.1, 0.15) is 0 Å². The van der Waals surface area contributed by atoms with Crippen molar-refractivity contribution in [2.75, 3.05) is 50.7 Å². The zero-order valence-corrected chi connectivity index (χ0v) is 18.3. The highest BCUT2D eigenvalue weighted by Crippen LogP contribution is 2.32. The number of benzene rings is 1. The molecule has 0 bridgehead atoms. The van der Waals surface area contributed by atoms with E-state index >= 15 is 0 Å². The van der Waals surface area contributed by atoms with Crippen molar-refractivity contribution < 1.29 is 0 Å². The molecule has 0 spiro atoms. The molecule has 0 aliphatic carbocycles. The molecule has 0 saturated carbocycles. The number of hydrogen-bond donors (Lipinski definition) is 2. The zero-order chi connectivity index (χ0) is 20.1. The summed E-state index contributed by atoms with van der Waals surface area (Å²) in [6.45, 7) is 10.0. The lowest BCUT2D eigenvalue weighted by atomic mass is 9.97. The predicted molar refractivity (Wildman–Crippen MR) is 123 cm³/mol. The molecule has 0 aromatic heterocycles. The van der Waals surface area contributed by atoms with E-state index in [-0.39, 0.29) is 0 Å². The lowest BCUT2D eigenvalue weighted by Gasteiger charge is -2.32. The van der Waals surface area contributed by atoms with Crippen molar-refractivity contribution >= 4 is 11.4 Å². The van der Waals surface area contributed by atoms with Crippen LogP contribution in [0.4, 0.5) is 11.4 Å². The third-order valence-corrected chi connectivity index (χ3v) is 7.21. The van der Waals surface area contributed by atoms with E-state index in [1.165, 1.54) is 114 Å². The smallest absolute Gasteiger partial charge is 0.0426 e. The molecule has 5 heteroatoms. The maximum Gasteiger partial charge on any atom is 0.0426 e. The van der Waals surface area contributed by atoms with Crippen LogP contribution in [0.15, 0.2) is 6.07 Å². The van der Waals surface area contributed by atoms with Gasteiger partial charge in [0.05, 0.1) is 0 Å². The minimum absolute atomic E-state index is 0.915. The Morgan fingerprint density at radius 3 is 1.24 bits per heavy atom. The van der Waals surface area contributed by atoms with Crippen molar-refractivity contribution in [2.45, 2.75) is 77.4 Å². The van der Waals surface area contributed by atoms with E-state index in [1.54, 1.807) is 0 Å². The Balaban J connectivity index is 1.59. The molecule has 0 unspecified atom stereocenters. The monoisotopic (exact) mass is 399 g/mol. The first-order chi connectivity index (χ1) is 14.2. The Morgan fingerprint density at radius 2 is 0.862 bits per heavy atom. The number of nitrogens with zero attached hydrogens (tertiary/aromatic N) is 3. The average molecular weight is 400 g/mol. The molecule has 1 aromatic rings. The van der Waals surface area contributed by atoms with Gasteiger partial charge >= 0.3 is 0 Å². The number of piperidine rings is 3. The van der Waals surface area contributed by atoms with E-state index in [9.17, 15) is 0 Å². The van der Waals surface area contributed by atoms with Gasteiger partial charge in [-0.3, -0.25) is 14.7 Å². The van der Waals surface area contributed by atoms with Gasteiger partial charge in [0.15, 0.2) is 0 Å². The van der Waals surface area contributed by atoms with Crippen molar-refractivity contribution in [3.8, 4) is 0 Å². The topological polar surface area (TPSA) is 61.8 Å². The Hall–Kier alpha value is -1.30. The van der Waals surface area contributed by atoms with Crippen LogP contribution in [-0.2, 0) is 19.6 Å². The second-order valence-electron chi connectivity index (χ2n) is 9.51. The molecule has 3 aliphatic rings. The second-order valence-corrected chi connectivity index (χ2v) is 9.51. The van der Waals surface area contributed by atoms with Crippen LogP contribution in [0.3, 0.4) is 0 Å². The predicted octanol–water partition coefficient (Wildman–Crippen LogP) is 3.81. The molecule has 0 amide bonds. The maximum atomic E-state index is 6.77. The minimum Gasteiger partial charge on any atom is -0.398 e. The molecular formula is C24H41N5. The van der Waals surface area contributed by atoms with Gasteiger partial charge < -0.3 is 11.5 Å². The summed E-state index contributed by atoms with van der Waals surface area (Å²) in [5.74, 6) is 0. The highest BCUT2D eigenvalue weighted by atomic mass is 15.1. The molecule has 4 N–H and O–H groups in total. The summed E-state index contributed by atoms with van der Waals surface area (Å²) < 4.78 is 0. The molecule has 0 radical (unpaired) electrons. The summed E-state index contributed by atoms with van der Waals surface area (Å²) in [6, 6.07) is 2.34. The van der Waals surface area contributed by atoms with Crippen molar-refractivity contribution in [1.29, 1.82) is 0 Å². The number of nitrogen functional groups attached to an aromatic ring is 2. The molecule has 5 nitrogen and oxygen atoms in total. The fourth-order valence-electron chi connectivity index (χ4n) is 5.39. The summed E-state index contributed by atoms with van der Waals surface area (Å²) >= 11 is 0. The highest BCUT2D eigenvalue weighted by Gasteiger charge is 2.22. The molecule has 3 saturated heterocycles. The summed E-state index contributed by atoms with van der Waals surface area (Å²) in [7, 11) is 0. The van der Waals surface area contributed by atoms with Gasteiger partial charge in [-0.1, -0.05) is 19.3 Å². The molecule has 3 heterocycles. The van der Waals surface area contributed by atoms with Crippen LogP contribution >= 0.6 is 0 Å². The van der Waals surface area contributed by atoms with Crippen LogP contribution in [0.5, 0.6) is 0 Å². The average Bonchev–Trinajstić information content (AvgIpc) is 2.77. The molecule has 29 heavy (non-hydrogen) atoms. The second kappa shape index (κ2) is 10.1. The van der Waals surface area contributed by atoms with Crippen molar-refractivity contribution in [3.63, 3.8) is 0 Å². The number of hydrogen-bond acceptors (Lipinski definition) is 5. The summed E-state index contributed by atoms with van der Waals surface area (Å²) in [6.07, 6.45) is 12.0. The van der Waals surface area contributed by atoms with E-state index < -0.39 is 0 Å². The highest BCUT2D eigenvalue weighted by molar-refractivity contribution is 5.69. The number of likely N-dealkylation sites (tertiary alicyclic amines) is 3. The van der Waals surface area contributed by atoms with Gasteiger partial charge in [-0.25, -0.2) is 0 Å². The third kappa shape index (κ3) is 5.44. The Morgan fingerprint density at radius 1 is 0.517 bits per heavy atom. The zero-order valence-electron chi connectivity index (χ0n) is 18.3. The first-order valence-electron chi connectivity index (χ1n) is 12.1. The van der Waals surface area contributed by atoms with E-state index in [0.29, 0.717) is 0 Å². The van der Waals surface area contributed by atoms with Gasteiger partial charge in [-0.05, 0) is 95.0 Å². The number of anilines is 2. The quantitative estimate of drug-likeness (QED) is 0.712. The van der Waals surface area contributed by atoms with Gasteiger partial charge in [-0.2, -0.15) is 0 Å². The molecular weight excluding hydrogens is 358 g/mol. The minimum atomic E-state index is 0.915. The summed E-state index contributed by atoms with van der Waals surface area (Å²) in [5.41, 5.74) is 19.3. The van der Waals surface area contributed by atoms with Crippen LogP contribution in [0.1, 0.15) is 74.5 Å². The van der Waals surface area contributed by atoms with Crippen LogP contribution < -0.4 is 11.5 Å². The molecule has 162 valence electrons. The SMILES string of the molecule is Nc1c(CN2CCCCC2)cc(CN2CCCCC2)c(N)c1CN1CCCCC1. The lowest BCUT2D eigenvalue weighted by Crippen LogP contribution is -2.32. The summed E-state index contributed by atoms with van der Waals surface area (Å²) in [4.78, 5) is 7.72. The fourth-order valence-corrected chi connectivity index (χ4v) is 5.39. The Labute approximate surface area is 177 Å².